The Morgan fingerprint density at radius 1 is 0.852 bits per heavy atom. The molecule has 0 bridgehead atoms. The molecule has 0 saturated heterocycles. The monoisotopic (exact) mass is 358 g/mol. The first-order chi connectivity index (χ1) is 13.3. The number of hydrogen-bond acceptors (Lipinski definition) is 6. The van der Waals surface area contributed by atoms with E-state index in [0.717, 1.165) is 22.2 Å². The van der Waals surface area contributed by atoms with Crippen molar-refractivity contribution in [2.24, 2.45) is 5.90 Å². The summed E-state index contributed by atoms with van der Waals surface area (Å²) in [5, 5.41) is 4.17. The lowest BCUT2D eigenvalue weighted by atomic mass is 10.1. The zero-order valence-electron chi connectivity index (χ0n) is 14.7. The SMILES string of the molecule is COc1cc2c(Nc3cccc(-c4ccccc4)c3)ncnc2cc1ON. The molecule has 0 atom stereocenters. The number of hydrogen-bond donors (Lipinski definition) is 2. The molecule has 1 aromatic heterocycles. The highest BCUT2D eigenvalue weighted by atomic mass is 16.6. The van der Waals surface area contributed by atoms with E-state index >= 15 is 0 Å². The fourth-order valence-electron chi connectivity index (χ4n) is 2.96. The van der Waals surface area contributed by atoms with Crippen LogP contribution < -0.4 is 20.8 Å². The van der Waals surface area contributed by atoms with Gasteiger partial charge in [0.15, 0.2) is 11.5 Å². The predicted octanol–water partition coefficient (Wildman–Crippen LogP) is 4.30. The number of ether oxygens (including phenoxy) is 1. The molecule has 0 aliphatic carbocycles. The Labute approximate surface area is 156 Å². The van der Waals surface area contributed by atoms with Gasteiger partial charge in [0.2, 0.25) is 0 Å². The van der Waals surface area contributed by atoms with E-state index in [1.54, 1.807) is 19.2 Å². The van der Waals surface area contributed by atoms with Crippen molar-refractivity contribution >= 4 is 22.4 Å². The van der Waals surface area contributed by atoms with Gasteiger partial charge in [0, 0.05) is 17.1 Å². The van der Waals surface area contributed by atoms with Gasteiger partial charge in [0.1, 0.15) is 12.1 Å². The second kappa shape index (κ2) is 7.31. The molecule has 0 aliphatic rings. The van der Waals surface area contributed by atoms with Gasteiger partial charge in [-0.2, -0.15) is 5.90 Å². The number of aromatic nitrogens is 2. The molecule has 0 saturated carbocycles. The summed E-state index contributed by atoms with van der Waals surface area (Å²) in [5.41, 5.74) is 3.90. The number of nitrogens with zero attached hydrogens (tertiary/aromatic N) is 2. The van der Waals surface area contributed by atoms with Crippen LogP contribution in [-0.2, 0) is 0 Å². The molecule has 0 unspecified atom stereocenters. The minimum Gasteiger partial charge on any atom is -0.493 e. The summed E-state index contributed by atoms with van der Waals surface area (Å²) in [6.07, 6.45) is 1.50. The topological polar surface area (TPSA) is 82.3 Å². The highest BCUT2D eigenvalue weighted by molar-refractivity contribution is 5.93. The second-order valence-corrected chi connectivity index (χ2v) is 5.93. The second-order valence-electron chi connectivity index (χ2n) is 5.93. The molecule has 3 N–H and O–H groups in total. The molecule has 1 heterocycles. The maximum absolute atomic E-state index is 5.34. The summed E-state index contributed by atoms with van der Waals surface area (Å²) in [6, 6.07) is 21.9. The van der Waals surface area contributed by atoms with Crippen molar-refractivity contribution in [1.29, 1.82) is 0 Å². The van der Waals surface area contributed by atoms with E-state index in [9.17, 15) is 0 Å². The van der Waals surface area contributed by atoms with E-state index in [4.69, 9.17) is 15.5 Å². The van der Waals surface area contributed by atoms with Gasteiger partial charge in [-0.1, -0.05) is 42.5 Å². The average Bonchev–Trinajstić information content (AvgIpc) is 2.74. The molecule has 27 heavy (non-hydrogen) atoms. The molecule has 0 fully saturated rings. The normalized spacial score (nSPS) is 10.6. The molecule has 0 spiro atoms. The van der Waals surface area contributed by atoms with Gasteiger partial charge in [0.25, 0.3) is 0 Å². The van der Waals surface area contributed by atoms with E-state index in [2.05, 4.69) is 39.6 Å². The van der Waals surface area contributed by atoms with Crippen molar-refractivity contribution < 1.29 is 9.57 Å². The lowest BCUT2D eigenvalue weighted by Gasteiger charge is -2.12. The van der Waals surface area contributed by atoms with Gasteiger partial charge < -0.3 is 14.9 Å². The molecular formula is C21H18N4O2. The van der Waals surface area contributed by atoms with Crippen molar-refractivity contribution in [3.63, 3.8) is 0 Å². The number of nitrogens with two attached hydrogens (primary N) is 1. The van der Waals surface area contributed by atoms with Crippen LogP contribution in [0.3, 0.4) is 0 Å². The molecule has 0 amide bonds. The number of rotatable bonds is 5. The van der Waals surface area contributed by atoms with Crippen LogP contribution in [0.1, 0.15) is 0 Å². The van der Waals surface area contributed by atoms with Gasteiger partial charge in [0.05, 0.1) is 12.6 Å². The standard InChI is InChI=1S/C21H18N4O2/c1-26-19-11-17-18(12-20(19)27-22)23-13-24-21(17)25-16-9-5-8-15(10-16)14-6-3-2-4-7-14/h2-13H,22H2,1H3,(H,23,24,25). The summed E-state index contributed by atoms with van der Waals surface area (Å²) in [6.45, 7) is 0. The zero-order valence-corrected chi connectivity index (χ0v) is 14.7. The summed E-state index contributed by atoms with van der Waals surface area (Å²) in [7, 11) is 1.56. The third-order valence-electron chi connectivity index (χ3n) is 4.28. The Hall–Kier alpha value is -3.64. The van der Waals surface area contributed by atoms with Crippen LogP contribution in [0.15, 0.2) is 73.1 Å². The Kier molecular flexibility index (Phi) is 4.55. The summed E-state index contributed by atoms with van der Waals surface area (Å²) < 4.78 is 5.34. The molecule has 4 aromatic rings. The maximum Gasteiger partial charge on any atom is 0.190 e. The van der Waals surface area contributed by atoms with Crippen molar-refractivity contribution in [1.82, 2.24) is 9.97 Å². The molecule has 134 valence electrons. The number of nitrogens with one attached hydrogen (secondary N) is 1. The van der Waals surface area contributed by atoms with E-state index in [1.165, 1.54) is 6.33 Å². The molecular weight excluding hydrogens is 340 g/mol. The molecule has 4 rings (SSSR count). The maximum atomic E-state index is 5.34. The predicted molar refractivity (Wildman–Crippen MR) is 106 cm³/mol. The summed E-state index contributed by atoms with van der Waals surface area (Å²) in [4.78, 5) is 13.5. The molecule has 3 aromatic carbocycles. The molecule has 0 aliphatic heterocycles. The van der Waals surface area contributed by atoms with E-state index in [-0.39, 0.29) is 0 Å². The summed E-state index contributed by atoms with van der Waals surface area (Å²) in [5.74, 6) is 6.92. The average molecular weight is 358 g/mol. The zero-order chi connectivity index (χ0) is 18.6. The first-order valence-electron chi connectivity index (χ1n) is 8.40. The third kappa shape index (κ3) is 3.38. The van der Waals surface area contributed by atoms with Crippen LogP contribution in [0.2, 0.25) is 0 Å². The lowest BCUT2D eigenvalue weighted by molar-refractivity contribution is 0.306. The Morgan fingerprint density at radius 2 is 1.67 bits per heavy atom. The fourth-order valence-corrected chi connectivity index (χ4v) is 2.96. The van der Waals surface area contributed by atoms with Crippen LogP contribution in [0.5, 0.6) is 11.5 Å². The van der Waals surface area contributed by atoms with E-state index in [1.807, 2.05) is 30.3 Å². The highest BCUT2D eigenvalue weighted by Crippen LogP contribution is 2.34. The van der Waals surface area contributed by atoms with Gasteiger partial charge in [-0.25, -0.2) is 9.97 Å². The third-order valence-corrected chi connectivity index (χ3v) is 4.28. The van der Waals surface area contributed by atoms with Crippen molar-refractivity contribution in [3.8, 4) is 22.6 Å². The minimum absolute atomic E-state index is 0.417. The van der Waals surface area contributed by atoms with Crippen LogP contribution >= 0.6 is 0 Å². The Morgan fingerprint density at radius 3 is 2.44 bits per heavy atom. The van der Waals surface area contributed by atoms with Crippen LogP contribution in [0, 0.1) is 0 Å². The molecule has 0 radical (unpaired) electrons. The lowest BCUT2D eigenvalue weighted by Crippen LogP contribution is -2.04. The van der Waals surface area contributed by atoms with Crippen LogP contribution in [0.25, 0.3) is 22.0 Å². The minimum atomic E-state index is 0.417. The first-order valence-corrected chi connectivity index (χ1v) is 8.40. The quantitative estimate of drug-likeness (QED) is 0.518. The molecule has 6 nitrogen and oxygen atoms in total. The fraction of sp³-hybridized carbons (Fsp3) is 0.0476. The van der Waals surface area contributed by atoms with Crippen LogP contribution in [0.4, 0.5) is 11.5 Å². The van der Waals surface area contributed by atoms with Crippen molar-refractivity contribution in [2.75, 3.05) is 12.4 Å². The number of methoxy groups -OCH3 is 1. The van der Waals surface area contributed by atoms with Crippen molar-refractivity contribution in [2.45, 2.75) is 0 Å². The number of fused-ring (bicyclic) bond motifs is 1. The van der Waals surface area contributed by atoms with Gasteiger partial charge >= 0.3 is 0 Å². The van der Waals surface area contributed by atoms with E-state index < -0.39 is 0 Å². The number of benzene rings is 3. The van der Waals surface area contributed by atoms with E-state index in [0.29, 0.717) is 22.8 Å². The Bertz CT molecular complexity index is 1080. The smallest absolute Gasteiger partial charge is 0.190 e. The highest BCUT2D eigenvalue weighted by Gasteiger charge is 2.11. The van der Waals surface area contributed by atoms with Gasteiger partial charge in [-0.3, -0.25) is 0 Å². The van der Waals surface area contributed by atoms with Gasteiger partial charge in [-0.05, 0) is 29.3 Å². The number of anilines is 2. The summed E-state index contributed by atoms with van der Waals surface area (Å²) >= 11 is 0. The van der Waals surface area contributed by atoms with Crippen molar-refractivity contribution in [3.05, 3.63) is 73.1 Å². The Balaban J connectivity index is 1.74. The first kappa shape index (κ1) is 16.8. The van der Waals surface area contributed by atoms with Crippen LogP contribution in [-0.4, -0.2) is 17.1 Å². The molecule has 6 heteroatoms. The van der Waals surface area contributed by atoms with Gasteiger partial charge in [-0.15, -0.1) is 0 Å². The largest absolute Gasteiger partial charge is 0.493 e.